The number of ether oxygens (including phenoxy) is 1. The molecule has 1 atom stereocenters. The maximum Gasteiger partial charge on any atom is 0.157 e. The number of rotatable bonds is 7. The van der Waals surface area contributed by atoms with Gasteiger partial charge < -0.3 is 10.1 Å². The molecule has 1 rings (SSSR count). The fraction of sp³-hybridized carbons (Fsp3) is 0.917. The van der Waals surface area contributed by atoms with E-state index in [2.05, 4.69) is 31.1 Å². The van der Waals surface area contributed by atoms with Gasteiger partial charge in [0.15, 0.2) is 5.17 Å². The van der Waals surface area contributed by atoms with Crippen LogP contribution in [0.15, 0.2) is 4.99 Å². The molecule has 0 amide bonds. The normalized spacial score (nSPS) is 20.2. The Morgan fingerprint density at radius 2 is 2.38 bits per heavy atom. The molecule has 1 N–H and O–H groups in total. The molecule has 0 aromatic rings. The van der Waals surface area contributed by atoms with Gasteiger partial charge in [-0.1, -0.05) is 39.0 Å². The summed E-state index contributed by atoms with van der Waals surface area (Å²) >= 11 is 1.88. The summed E-state index contributed by atoms with van der Waals surface area (Å²) in [7, 11) is 0. The Balaban J connectivity index is 1.98. The van der Waals surface area contributed by atoms with Crippen molar-refractivity contribution in [3.05, 3.63) is 0 Å². The fourth-order valence-electron chi connectivity index (χ4n) is 1.54. The van der Waals surface area contributed by atoms with E-state index in [4.69, 9.17) is 4.74 Å². The molecule has 3 nitrogen and oxygen atoms in total. The molecule has 94 valence electrons. The maximum absolute atomic E-state index is 5.50. The first-order valence-electron chi connectivity index (χ1n) is 6.25. The molecule has 0 saturated heterocycles. The highest BCUT2D eigenvalue weighted by molar-refractivity contribution is 8.14. The zero-order chi connectivity index (χ0) is 11.8. The SMILES string of the molecule is CCCC1CN=C(NCCOCC(C)C)S1. The van der Waals surface area contributed by atoms with E-state index in [1.165, 1.54) is 12.8 Å². The minimum absolute atomic E-state index is 0.618. The van der Waals surface area contributed by atoms with E-state index in [1.807, 2.05) is 11.8 Å². The van der Waals surface area contributed by atoms with Gasteiger partial charge in [0.1, 0.15) is 0 Å². The highest BCUT2D eigenvalue weighted by atomic mass is 32.2. The first-order valence-corrected chi connectivity index (χ1v) is 7.13. The number of nitrogens with one attached hydrogen (secondary N) is 1. The number of aliphatic imine (C=N–C) groups is 1. The summed E-state index contributed by atoms with van der Waals surface area (Å²) in [5.74, 6) is 0.618. The van der Waals surface area contributed by atoms with Crippen molar-refractivity contribution in [2.24, 2.45) is 10.9 Å². The van der Waals surface area contributed by atoms with E-state index in [1.54, 1.807) is 0 Å². The third kappa shape index (κ3) is 5.75. The summed E-state index contributed by atoms with van der Waals surface area (Å²) in [5, 5.41) is 5.13. The van der Waals surface area contributed by atoms with Crippen molar-refractivity contribution >= 4 is 16.9 Å². The minimum Gasteiger partial charge on any atom is -0.379 e. The Bertz CT molecular complexity index is 219. The molecular weight excluding hydrogens is 220 g/mol. The molecule has 0 fully saturated rings. The van der Waals surface area contributed by atoms with Crippen LogP contribution in [0.25, 0.3) is 0 Å². The number of amidine groups is 1. The van der Waals surface area contributed by atoms with Crippen LogP contribution in [0.2, 0.25) is 0 Å². The van der Waals surface area contributed by atoms with Crippen LogP contribution in [-0.4, -0.2) is 36.7 Å². The van der Waals surface area contributed by atoms with Gasteiger partial charge in [-0.2, -0.15) is 0 Å². The molecule has 0 aromatic heterocycles. The largest absolute Gasteiger partial charge is 0.379 e. The zero-order valence-electron chi connectivity index (χ0n) is 10.7. The molecule has 0 aliphatic carbocycles. The summed E-state index contributed by atoms with van der Waals surface area (Å²) in [5.41, 5.74) is 0. The van der Waals surface area contributed by atoms with Crippen molar-refractivity contribution in [1.82, 2.24) is 5.32 Å². The molecule has 0 spiro atoms. The van der Waals surface area contributed by atoms with Gasteiger partial charge >= 0.3 is 0 Å². The van der Waals surface area contributed by atoms with Crippen LogP contribution in [0.4, 0.5) is 0 Å². The van der Waals surface area contributed by atoms with Gasteiger partial charge in [0.05, 0.1) is 13.2 Å². The van der Waals surface area contributed by atoms with Gasteiger partial charge in [-0.15, -0.1) is 0 Å². The minimum atomic E-state index is 0.618. The van der Waals surface area contributed by atoms with Crippen molar-refractivity contribution in [2.45, 2.75) is 38.9 Å². The Morgan fingerprint density at radius 3 is 3.06 bits per heavy atom. The van der Waals surface area contributed by atoms with Gasteiger partial charge in [-0.25, -0.2) is 0 Å². The Labute approximate surface area is 103 Å². The Morgan fingerprint density at radius 1 is 1.56 bits per heavy atom. The second-order valence-corrected chi connectivity index (χ2v) is 5.86. The highest BCUT2D eigenvalue weighted by Crippen LogP contribution is 2.23. The lowest BCUT2D eigenvalue weighted by molar-refractivity contribution is 0.114. The third-order valence-corrected chi connectivity index (χ3v) is 3.52. The van der Waals surface area contributed by atoms with Gasteiger partial charge in [-0.3, -0.25) is 4.99 Å². The van der Waals surface area contributed by atoms with Crippen LogP contribution in [0.3, 0.4) is 0 Å². The van der Waals surface area contributed by atoms with Crippen molar-refractivity contribution in [2.75, 3.05) is 26.3 Å². The summed E-state index contributed by atoms with van der Waals surface area (Å²) in [6, 6.07) is 0. The monoisotopic (exact) mass is 244 g/mol. The van der Waals surface area contributed by atoms with E-state index >= 15 is 0 Å². The molecule has 4 heteroatoms. The van der Waals surface area contributed by atoms with Gasteiger partial charge in [0.2, 0.25) is 0 Å². The van der Waals surface area contributed by atoms with E-state index in [0.29, 0.717) is 11.2 Å². The lowest BCUT2D eigenvalue weighted by atomic mass is 10.2. The fourth-order valence-corrected chi connectivity index (χ4v) is 2.69. The lowest BCUT2D eigenvalue weighted by Crippen LogP contribution is -2.24. The van der Waals surface area contributed by atoms with Crippen LogP contribution in [0.1, 0.15) is 33.6 Å². The molecule has 0 aromatic carbocycles. The molecular formula is C12H24N2OS. The Kier molecular flexibility index (Phi) is 6.88. The molecule has 1 aliphatic rings. The van der Waals surface area contributed by atoms with Crippen LogP contribution >= 0.6 is 11.8 Å². The van der Waals surface area contributed by atoms with Crippen LogP contribution in [-0.2, 0) is 4.74 Å². The summed E-state index contributed by atoms with van der Waals surface area (Å²) in [6.07, 6.45) is 2.52. The first-order chi connectivity index (χ1) is 7.72. The molecule has 0 radical (unpaired) electrons. The molecule has 16 heavy (non-hydrogen) atoms. The quantitative estimate of drug-likeness (QED) is 0.699. The van der Waals surface area contributed by atoms with E-state index in [9.17, 15) is 0 Å². The topological polar surface area (TPSA) is 33.6 Å². The van der Waals surface area contributed by atoms with E-state index in [0.717, 1.165) is 31.5 Å². The van der Waals surface area contributed by atoms with E-state index < -0.39 is 0 Å². The average Bonchev–Trinajstić information content (AvgIpc) is 2.65. The van der Waals surface area contributed by atoms with Crippen LogP contribution in [0, 0.1) is 5.92 Å². The van der Waals surface area contributed by atoms with E-state index in [-0.39, 0.29) is 0 Å². The first kappa shape index (κ1) is 13.8. The molecule has 1 unspecified atom stereocenters. The molecule has 0 bridgehead atoms. The third-order valence-electron chi connectivity index (χ3n) is 2.30. The standard InChI is InChI=1S/C12H24N2OS/c1-4-5-11-8-14-12(16-11)13-6-7-15-9-10(2)3/h10-11H,4-9H2,1-3H3,(H,13,14). The second kappa shape index (κ2) is 7.96. The Hall–Kier alpha value is -0.220. The smallest absolute Gasteiger partial charge is 0.157 e. The summed E-state index contributed by atoms with van der Waals surface area (Å²) in [6.45, 7) is 10.0. The molecule has 1 aliphatic heterocycles. The van der Waals surface area contributed by atoms with Gasteiger partial charge in [-0.05, 0) is 12.3 Å². The molecule has 1 heterocycles. The predicted octanol–water partition coefficient (Wildman–Crippen LogP) is 2.52. The van der Waals surface area contributed by atoms with Crippen molar-refractivity contribution in [3.63, 3.8) is 0 Å². The zero-order valence-corrected chi connectivity index (χ0v) is 11.5. The number of hydrogen-bond acceptors (Lipinski definition) is 4. The maximum atomic E-state index is 5.50. The van der Waals surface area contributed by atoms with Gasteiger partial charge in [0.25, 0.3) is 0 Å². The number of hydrogen-bond donors (Lipinski definition) is 1. The van der Waals surface area contributed by atoms with Crippen molar-refractivity contribution < 1.29 is 4.74 Å². The number of nitrogens with zero attached hydrogens (tertiary/aromatic N) is 1. The van der Waals surface area contributed by atoms with Crippen LogP contribution in [0.5, 0.6) is 0 Å². The lowest BCUT2D eigenvalue weighted by Gasteiger charge is -2.09. The summed E-state index contributed by atoms with van der Waals surface area (Å²) in [4.78, 5) is 4.48. The average molecular weight is 244 g/mol. The number of thioether (sulfide) groups is 1. The van der Waals surface area contributed by atoms with Gasteiger partial charge in [0, 0.05) is 18.4 Å². The molecule has 0 saturated carbocycles. The highest BCUT2D eigenvalue weighted by Gasteiger charge is 2.17. The van der Waals surface area contributed by atoms with Crippen molar-refractivity contribution in [1.29, 1.82) is 0 Å². The van der Waals surface area contributed by atoms with Crippen LogP contribution < -0.4 is 5.32 Å². The summed E-state index contributed by atoms with van der Waals surface area (Å²) < 4.78 is 5.50. The predicted molar refractivity (Wildman–Crippen MR) is 72.2 cm³/mol. The van der Waals surface area contributed by atoms with Crippen molar-refractivity contribution in [3.8, 4) is 0 Å². The second-order valence-electron chi connectivity index (χ2n) is 4.57.